The van der Waals surface area contributed by atoms with Crippen molar-refractivity contribution in [1.82, 2.24) is 5.32 Å². The van der Waals surface area contributed by atoms with Crippen molar-refractivity contribution in [2.75, 3.05) is 13.2 Å². The van der Waals surface area contributed by atoms with Crippen LogP contribution in [0.4, 0.5) is 13.2 Å². The van der Waals surface area contributed by atoms with E-state index in [1.54, 1.807) is 18.2 Å². The van der Waals surface area contributed by atoms with E-state index in [1.807, 2.05) is 0 Å². The first-order valence-electron chi connectivity index (χ1n) is 6.44. The van der Waals surface area contributed by atoms with E-state index in [1.165, 1.54) is 0 Å². The molecule has 0 spiro atoms. The summed E-state index contributed by atoms with van der Waals surface area (Å²) in [7, 11) is 0. The van der Waals surface area contributed by atoms with Crippen molar-refractivity contribution in [3.63, 3.8) is 0 Å². The lowest BCUT2D eigenvalue weighted by Gasteiger charge is -2.21. The topological polar surface area (TPSA) is 30.5 Å². The Hall–Kier alpha value is -0.790. The molecular weight excluding hydrogens is 351 g/mol. The molecule has 120 valence electrons. The van der Waals surface area contributed by atoms with Crippen molar-refractivity contribution in [2.45, 2.75) is 39.2 Å². The van der Waals surface area contributed by atoms with E-state index in [2.05, 4.69) is 46.8 Å². The van der Waals surface area contributed by atoms with Crippen molar-refractivity contribution in [3.8, 4) is 5.75 Å². The van der Waals surface area contributed by atoms with E-state index in [9.17, 15) is 13.2 Å². The summed E-state index contributed by atoms with van der Waals surface area (Å²) in [4.78, 5) is 0. The van der Waals surface area contributed by atoms with Gasteiger partial charge in [-0.2, -0.15) is 0 Å². The smallest absolute Gasteiger partial charge is 0.491 e. The lowest BCUT2D eigenvalue weighted by atomic mass is 10.1. The van der Waals surface area contributed by atoms with Crippen LogP contribution in [0.15, 0.2) is 22.7 Å². The average molecular weight is 370 g/mol. The third-order valence-corrected chi connectivity index (χ3v) is 3.22. The van der Waals surface area contributed by atoms with E-state index in [-0.39, 0.29) is 12.1 Å². The number of halogens is 4. The maximum Gasteiger partial charge on any atom is 0.522 e. The van der Waals surface area contributed by atoms with Crippen LogP contribution in [0.5, 0.6) is 5.75 Å². The van der Waals surface area contributed by atoms with Crippen LogP contribution in [0, 0.1) is 0 Å². The molecule has 0 saturated carbocycles. The molecular formula is C14H19BrF3NO2. The monoisotopic (exact) mass is 369 g/mol. The van der Waals surface area contributed by atoms with Gasteiger partial charge in [0.15, 0.2) is 0 Å². The van der Waals surface area contributed by atoms with Crippen LogP contribution in [-0.4, -0.2) is 25.1 Å². The molecule has 0 fully saturated rings. The summed E-state index contributed by atoms with van der Waals surface area (Å²) in [5.74, 6) is 0.509. The second kappa shape index (κ2) is 7.47. The molecule has 21 heavy (non-hydrogen) atoms. The Morgan fingerprint density at radius 3 is 2.38 bits per heavy atom. The molecule has 0 bridgehead atoms. The standard InChI is InChI=1S/C14H19BrF3NO2/c1-13(2,3)19-9-10-8-11(4-5-12(10)15)20-6-7-21-14(16,17)18/h4-5,8,19H,6-7,9H2,1-3H3. The van der Waals surface area contributed by atoms with Crippen LogP contribution < -0.4 is 10.1 Å². The van der Waals surface area contributed by atoms with Gasteiger partial charge >= 0.3 is 6.36 Å². The molecule has 0 heterocycles. The summed E-state index contributed by atoms with van der Waals surface area (Å²) >= 11 is 3.44. The molecule has 0 aliphatic heterocycles. The van der Waals surface area contributed by atoms with Crippen LogP contribution in [0.1, 0.15) is 26.3 Å². The Bertz CT molecular complexity index is 459. The highest BCUT2D eigenvalue weighted by molar-refractivity contribution is 9.10. The van der Waals surface area contributed by atoms with E-state index >= 15 is 0 Å². The zero-order valence-corrected chi connectivity index (χ0v) is 13.8. The van der Waals surface area contributed by atoms with Crippen LogP contribution >= 0.6 is 15.9 Å². The van der Waals surface area contributed by atoms with Crippen molar-refractivity contribution in [2.24, 2.45) is 0 Å². The molecule has 7 heteroatoms. The third kappa shape index (κ3) is 8.28. The fourth-order valence-electron chi connectivity index (χ4n) is 1.45. The molecule has 1 N–H and O–H groups in total. The van der Waals surface area contributed by atoms with Gasteiger partial charge in [0.2, 0.25) is 0 Å². The van der Waals surface area contributed by atoms with Gasteiger partial charge in [-0.25, -0.2) is 0 Å². The number of rotatable bonds is 6. The van der Waals surface area contributed by atoms with Crippen molar-refractivity contribution in [3.05, 3.63) is 28.2 Å². The summed E-state index contributed by atoms with van der Waals surface area (Å²) in [6, 6.07) is 5.29. The van der Waals surface area contributed by atoms with E-state index in [4.69, 9.17) is 4.74 Å². The summed E-state index contributed by atoms with van der Waals surface area (Å²) in [6.45, 7) is 6.09. The molecule has 0 unspecified atom stereocenters. The van der Waals surface area contributed by atoms with Crippen LogP contribution in [0.25, 0.3) is 0 Å². The summed E-state index contributed by atoms with van der Waals surface area (Å²) in [5.41, 5.74) is 0.941. The van der Waals surface area contributed by atoms with E-state index < -0.39 is 13.0 Å². The normalized spacial score (nSPS) is 12.5. The Balaban J connectivity index is 2.53. The van der Waals surface area contributed by atoms with Gasteiger partial charge in [0.05, 0.1) is 6.61 Å². The quantitative estimate of drug-likeness (QED) is 0.760. The number of benzene rings is 1. The van der Waals surface area contributed by atoms with Crippen molar-refractivity contribution < 1.29 is 22.6 Å². The fraction of sp³-hybridized carbons (Fsp3) is 0.571. The zero-order chi connectivity index (χ0) is 16.1. The average Bonchev–Trinajstić information content (AvgIpc) is 2.32. The van der Waals surface area contributed by atoms with Crippen LogP contribution in [0.2, 0.25) is 0 Å². The van der Waals surface area contributed by atoms with Gasteiger partial charge in [-0.15, -0.1) is 13.2 Å². The molecule has 1 aromatic rings. The van der Waals surface area contributed by atoms with E-state index in [0.717, 1.165) is 10.0 Å². The molecule has 0 aliphatic carbocycles. The van der Waals surface area contributed by atoms with Gasteiger partial charge in [0.1, 0.15) is 12.4 Å². The first-order chi connectivity index (χ1) is 9.57. The maximum absolute atomic E-state index is 11.8. The van der Waals surface area contributed by atoms with Crippen LogP contribution in [0.3, 0.4) is 0 Å². The summed E-state index contributed by atoms with van der Waals surface area (Å²) < 4.78 is 45.3. The summed E-state index contributed by atoms with van der Waals surface area (Å²) in [6.07, 6.45) is -4.62. The van der Waals surface area contributed by atoms with Crippen molar-refractivity contribution in [1.29, 1.82) is 0 Å². The van der Waals surface area contributed by atoms with Gasteiger partial charge in [0, 0.05) is 16.6 Å². The van der Waals surface area contributed by atoms with E-state index in [0.29, 0.717) is 12.3 Å². The SMILES string of the molecule is CC(C)(C)NCc1cc(OCCOC(F)(F)F)ccc1Br. The Labute approximate surface area is 130 Å². The van der Waals surface area contributed by atoms with Gasteiger partial charge in [-0.05, 0) is 44.5 Å². The maximum atomic E-state index is 11.8. The lowest BCUT2D eigenvalue weighted by Crippen LogP contribution is -2.35. The first kappa shape index (κ1) is 18.3. The second-order valence-corrected chi connectivity index (χ2v) is 6.35. The minimum absolute atomic E-state index is 0.0309. The minimum atomic E-state index is -4.62. The molecule has 0 amide bonds. The molecule has 1 aromatic carbocycles. The largest absolute Gasteiger partial charge is 0.522 e. The minimum Gasteiger partial charge on any atom is -0.491 e. The highest BCUT2D eigenvalue weighted by Gasteiger charge is 2.28. The molecule has 1 rings (SSSR count). The highest BCUT2D eigenvalue weighted by Crippen LogP contribution is 2.23. The number of hydrogen-bond acceptors (Lipinski definition) is 3. The highest BCUT2D eigenvalue weighted by atomic mass is 79.9. The Kier molecular flexibility index (Phi) is 6.49. The fourth-order valence-corrected chi connectivity index (χ4v) is 1.84. The number of alkyl halides is 3. The van der Waals surface area contributed by atoms with Crippen LogP contribution in [-0.2, 0) is 11.3 Å². The molecule has 0 aromatic heterocycles. The summed E-state index contributed by atoms with van der Waals surface area (Å²) in [5, 5.41) is 3.33. The lowest BCUT2D eigenvalue weighted by molar-refractivity contribution is -0.325. The number of ether oxygens (including phenoxy) is 2. The predicted molar refractivity (Wildman–Crippen MR) is 78.2 cm³/mol. The molecule has 3 nitrogen and oxygen atoms in total. The van der Waals surface area contributed by atoms with Gasteiger partial charge in [0.25, 0.3) is 0 Å². The van der Waals surface area contributed by atoms with Gasteiger partial charge < -0.3 is 10.1 Å². The second-order valence-electron chi connectivity index (χ2n) is 5.50. The molecule has 0 saturated heterocycles. The zero-order valence-electron chi connectivity index (χ0n) is 12.2. The van der Waals surface area contributed by atoms with Gasteiger partial charge in [-0.3, -0.25) is 4.74 Å². The van der Waals surface area contributed by atoms with Gasteiger partial charge in [-0.1, -0.05) is 15.9 Å². The molecule has 0 atom stereocenters. The third-order valence-electron chi connectivity index (χ3n) is 2.44. The molecule has 0 aliphatic rings. The molecule has 0 radical (unpaired) electrons. The Morgan fingerprint density at radius 1 is 1.14 bits per heavy atom. The first-order valence-corrected chi connectivity index (χ1v) is 7.23. The van der Waals surface area contributed by atoms with Crippen molar-refractivity contribution >= 4 is 15.9 Å². The predicted octanol–water partition coefficient (Wildman–Crippen LogP) is 4.25. The number of nitrogens with one attached hydrogen (secondary N) is 1. The number of hydrogen-bond donors (Lipinski definition) is 1. The Morgan fingerprint density at radius 2 is 1.81 bits per heavy atom.